The van der Waals surface area contributed by atoms with Crippen LogP contribution in [0.2, 0.25) is 0 Å². The molecule has 0 aliphatic carbocycles. The summed E-state index contributed by atoms with van der Waals surface area (Å²) in [5.41, 5.74) is 0. The first-order valence-electron chi connectivity index (χ1n) is 33.8. The molecule has 462 valence electrons. The van der Waals surface area contributed by atoms with Gasteiger partial charge in [-0.15, -0.1) is 0 Å². The number of likely N-dealkylation sites (N-methyl/N-ethyl adjacent to an activating group) is 1. The summed E-state index contributed by atoms with van der Waals surface area (Å²) in [5.74, 6) is -1.99. The molecule has 0 saturated carbocycles. The molecule has 79 heavy (non-hydrogen) atoms. The molecule has 0 aromatic heterocycles. The van der Waals surface area contributed by atoms with E-state index >= 15 is 0 Å². The lowest BCUT2D eigenvalue weighted by Crippen LogP contribution is -2.40. The maximum Gasteiger partial charge on any atom is 0.361 e. The fourth-order valence-electron chi connectivity index (χ4n) is 9.84. The van der Waals surface area contributed by atoms with Crippen molar-refractivity contribution in [2.75, 3.05) is 47.5 Å². The number of carbonyl (C=O) groups is 3. The third-order valence-corrected chi connectivity index (χ3v) is 15.1. The van der Waals surface area contributed by atoms with Crippen molar-refractivity contribution in [3.63, 3.8) is 0 Å². The number of unbranched alkanes of at least 4 members (excludes halogenated alkanes) is 40. The highest BCUT2D eigenvalue weighted by molar-refractivity contribution is 5.71. The number of hydrogen-bond acceptors (Lipinski definition) is 7. The van der Waals surface area contributed by atoms with Crippen molar-refractivity contribution in [1.29, 1.82) is 0 Å². The maximum absolute atomic E-state index is 12.9. The molecular formula is C70H130NO8+. The van der Waals surface area contributed by atoms with Gasteiger partial charge < -0.3 is 28.5 Å². The van der Waals surface area contributed by atoms with Crippen LogP contribution in [0.1, 0.15) is 322 Å². The molecule has 0 aliphatic heterocycles. The normalized spacial score (nSPS) is 13.0. The van der Waals surface area contributed by atoms with E-state index in [1.165, 1.54) is 238 Å². The van der Waals surface area contributed by atoms with E-state index in [1.807, 2.05) is 21.1 Å². The summed E-state index contributed by atoms with van der Waals surface area (Å²) in [5, 5.41) is 9.74. The number of esters is 2. The molecule has 0 aromatic rings. The van der Waals surface area contributed by atoms with Crippen molar-refractivity contribution in [2.24, 2.45) is 0 Å². The van der Waals surface area contributed by atoms with Crippen molar-refractivity contribution in [2.45, 2.75) is 334 Å². The predicted molar refractivity (Wildman–Crippen MR) is 337 cm³/mol. The largest absolute Gasteiger partial charge is 0.477 e. The number of nitrogens with zero attached hydrogens (tertiary/aromatic N) is 1. The molecule has 0 radical (unpaired) electrons. The zero-order valence-corrected chi connectivity index (χ0v) is 52.8. The Labute approximate surface area is 489 Å². The van der Waals surface area contributed by atoms with Crippen LogP contribution in [0.25, 0.3) is 0 Å². The summed E-state index contributed by atoms with van der Waals surface area (Å²) in [7, 11) is 5.98. The van der Waals surface area contributed by atoms with Gasteiger partial charge in [-0.2, -0.15) is 0 Å². The van der Waals surface area contributed by atoms with Crippen LogP contribution in [0.4, 0.5) is 0 Å². The van der Waals surface area contributed by atoms with Crippen molar-refractivity contribution >= 4 is 17.9 Å². The van der Waals surface area contributed by atoms with Gasteiger partial charge >= 0.3 is 17.9 Å². The average Bonchev–Trinajstić information content (AvgIpc) is 3.42. The van der Waals surface area contributed by atoms with Gasteiger partial charge in [0.15, 0.2) is 6.10 Å². The molecule has 9 heteroatoms. The predicted octanol–water partition coefficient (Wildman–Crippen LogP) is 20.6. The Morgan fingerprint density at radius 2 is 0.684 bits per heavy atom. The van der Waals surface area contributed by atoms with E-state index < -0.39 is 24.3 Å². The summed E-state index contributed by atoms with van der Waals surface area (Å²) in [6.07, 6.45) is 75.0. The van der Waals surface area contributed by atoms with Crippen LogP contribution in [-0.4, -0.2) is 87.4 Å². The number of carboxylic acid groups (broad SMARTS) is 1. The molecule has 0 bridgehead atoms. The lowest BCUT2D eigenvalue weighted by Gasteiger charge is -2.25. The van der Waals surface area contributed by atoms with Crippen molar-refractivity contribution in [3.05, 3.63) is 48.6 Å². The molecule has 0 amide bonds. The summed E-state index contributed by atoms with van der Waals surface area (Å²) in [4.78, 5) is 37.6. The monoisotopic (exact) mass is 1110 g/mol. The quantitative estimate of drug-likeness (QED) is 0.0211. The van der Waals surface area contributed by atoms with Gasteiger partial charge in [0.05, 0.1) is 34.4 Å². The number of rotatable bonds is 63. The fourth-order valence-corrected chi connectivity index (χ4v) is 9.84. The van der Waals surface area contributed by atoms with Gasteiger partial charge in [0.2, 0.25) is 0 Å². The Kier molecular flexibility index (Phi) is 59.2. The number of carbonyl (C=O) groups excluding carboxylic acids is 2. The van der Waals surface area contributed by atoms with Crippen LogP contribution < -0.4 is 0 Å². The molecule has 0 heterocycles. The minimum atomic E-state index is -1.51. The maximum atomic E-state index is 12.9. The van der Waals surface area contributed by atoms with Gasteiger partial charge in [-0.1, -0.05) is 281 Å². The second kappa shape index (κ2) is 61.3. The van der Waals surface area contributed by atoms with Gasteiger partial charge in [-0.3, -0.25) is 9.59 Å². The van der Waals surface area contributed by atoms with E-state index in [2.05, 4.69) is 62.5 Å². The SMILES string of the molecule is CCCCCCC/C=C\C/C=C\C/C=C\CCCCCCCCCCCCC(=O)OC(COC(=O)CCCCCCCCCCCCCCCCCCC/C=C\CCCCCCCCCC)COC(OCC[N+](C)(C)C)C(=O)O. The first-order chi connectivity index (χ1) is 38.6. The Bertz CT molecular complexity index is 1430. The third-order valence-electron chi connectivity index (χ3n) is 15.1. The first kappa shape index (κ1) is 76.2. The van der Waals surface area contributed by atoms with Crippen LogP contribution in [0.3, 0.4) is 0 Å². The summed E-state index contributed by atoms with van der Waals surface area (Å²) in [6.45, 7) is 4.91. The molecule has 0 saturated heterocycles. The van der Waals surface area contributed by atoms with Crippen LogP contribution in [-0.2, 0) is 33.3 Å². The number of hydrogen-bond donors (Lipinski definition) is 1. The summed E-state index contributed by atoms with van der Waals surface area (Å²) >= 11 is 0. The number of quaternary nitrogens is 1. The van der Waals surface area contributed by atoms with Crippen LogP contribution in [0.15, 0.2) is 48.6 Å². The smallest absolute Gasteiger partial charge is 0.361 e. The lowest BCUT2D eigenvalue weighted by atomic mass is 10.0. The van der Waals surface area contributed by atoms with Crippen LogP contribution in [0, 0.1) is 0 Å². The Balaban J connectivity index is 4.12. The lowest BCUT2D eigenvalue weighted by molar-refractivity contribution is -0.870. The third kappa shape index (κ3) is 62.7. The highest BCUT2D eigenvalue weighted by Crippen LogP contribution is 2.18. The Morgan fingerprint density at radius 1 is 0.380 bits per heavy atom. The average molecular weight is 1110 g/mol. The topological polar surface area (TPSA) is 108 Å². The second-order valence-electron chi connectivity index (χ2n) is 24.1. The molecule has 2 unspecified atom stereocenters. The van der Waals surface area contributed by atoms with Gasteiger partial charge in [0.25, 0.3) is 6.29 Å². The van der Waals surface area contributed by atoms with Crippen molar-refractivity contribution in [3.8, 4) is 0 Å². The highest BCUT2D eigenvalue weighted by atomic mass is 16.7. The number of aliphatic carboxylic acids is 1. The standard InChI is InChI=1S/C70H129NO8/c1-6-8-10-12-14-16-18-20-22-24-26-28-30-32-33-34-35-37-38-40-42-44-46-48-50-52-54-56-58-60-67(72)77-64-66(65-78-70(69(74)75)76-63-62-71(3,4)5)79-68(73)61-59-57-55-53-51-49-47-45-43-41-39-36-31-29-27-25-23-21-19-17-15-13-11-9-7-2/h19,21,24-27,31,36,66,70H,6-18,20,22-23,28-30,32-35,37-65H2,1-5H3/p+1/b21-19-,26-24-,27-25-,36-31-. The summed E-state index contributed by atoms with van der Waals surface area (Å²) < 4.78 is 23.0. The minimum Gasteiger partial charge on any atom is -0.477 e. The van der Waals surface area contributed by atoms with Crippen LogP contribution >= 0.6 is 0 Å². The number of ether oxygens (including phenoxy) is 4. The molecule has 1 N–H and O–H groups in total. The molecule has 0 rings (SSSR count). The fraction of sp³-hybridized carbons (Fsp3) is 0.843. The van der Waals surface area contributed by atoms with Gasteiger partial charge in [0, 0.05) is 12.8 Å². The number of allylic oxidation sites excluding steroid dienone is 8. The molecule has 0 aromatic carbocycles. The zero-order chi connectivity index (χ0) is 57.6. The van der Waals surface area contributed by atoms with Gasteiger partial charge in [0.1, 0.15) is 13.2 Å². The second-order valence-corrected chi connectivity index (χ2v) is 24.1. The van der Waals surface area contributed by atoms with Crippen molar-refractivity contribution < 1.29 is 42.9 Å². The van der Waals surface area contributed by atoms with Gasteiger partial charge in [-0.05, 0) is 77.0 Å². The molecule has 0 spiro atoms. The zero-order valence-electron chi connectivity index (χ0n) is 52.8. The summed E-state index contributed by atoms with van der Waals surface area (Å²) in [6, 6.07) is 0. The van der Waals surface area contributed by atoms with Gasteiger partial charge in [-0.25, -0.2) is 4.79 Å². The molecule has 2 atom stereocenters. The van der Waals surface area contributed by atoms with E-state index in [-0.39, 0.29) is 32.2 Å². The molecule has 0 aliphatic rings. The van der Waals surface area contributed by atoms with E-state index in [9.17, 15) is 19.5 Å². The molecule has 9 nitrogen and oxygen atoms in total. The van der Waals surface area contributed by atoms with E-state index in [4.69, 9.17) is 18.9 Å². The molecule has 0 fully saturated rings. The Morgan fingerprint density at radius 3 is 1.03 bits per heavy atom. The molecular weight excluding hydrogens is 983 g/mol. The van der Waals surface area contributed by atoms with Crippen LogP contribution in [0.5, 0.6) is 0 Å². The van der Waals surface area contributed by atoms with E-state index in [1.54, 1.807) is 0 Å². The minimum absolute atomic E-state index is 0.181. The highest BCUT2D eigenvalue weighted by Gasteiger charge is 2.25. The van der Waals surface area contributed by atoms with E-state index in [0.717, 1.165) is 57.8 Å². The number of carboxylic acids is 1. The van der Waals surface area contributed by atoms with E-state index in [0.29, 0.717) is 17.4 Å². The first-order valence-corrected chi connectivity index (χ1v) is 33.8. The Hall–Kier alpha value is -2.75. The van der Waals surface area contributed by atoms with Crippen molar-refractivity contribution in [1.82, 2.24) is 0 Å².